The minimum atomic E-state index is 0.0350. The summed E-state index contributed by atoms with van der Waals surface area (Å²) >= 11 is 0. The van der Waals surface area contributed by atoms with E-state index in [4.69, 9.17) is 5.11 Å². The third kappa shape index (κ3) is 5.74. The van der Waals surface area contributed by atoms with Crippen LogP contribution in [0.15, 0.2) is 60.9 Å². The summed E-state index contributed by atoms with van der Waals surface area (Å²) in [6.07, 6.45) is 3.57. The Labute approximate surface area is 200 Å². The number of benzene rings is 2. The zero-order valence-electron chi connectivity index (χ0n) is 20.0. The number of aliphatic hydroxyl groups excluding tert-OH is 1. The van der Waals surface area contributed by atoms with Crippen LogP contribution in [-0.4, -0.2) is 38.2 Å². The van der Waals surface area contributed by atoms with Crippen LogP contribution in [0.3, 0.4) is 0 Å². The molecular weight excluding hydrogens is 424 g/mol. The fourth-order valence-electron chi connectivity index (χ4n) is 3.94. The fourth-order valence-corrected chi connectivity index (χ4v) is 3.94. The molecule has 0 aliphatic rings. The normalized spacial score (nSPS) is 11.8. The molecule has 7 nitrogen and oxygen atoms in total. The van der Waals surface area contributed by atoms with Gasteiger partial charge in [-0.25, -0.2) is 19.9 Å². The zero-order valence-corrected chi connectivity index (χ0v) is 20.0. The quantitative estimate of drug-likeness (QED) is 0.341. The summed E-state index contributed by atoms with van der Waals surface area (Å²) in [6.45, 7) is 8.70. The molecule has 34 heavy (non-hydrogen) atoms. The van der Waals surface area contributed by atoms with E-state index < -0.39 is 0 Å². The van der Waals surface area contributed by atoms with E-state index in [2.05, 4.69) is 81.7 Å². The lowest BCUT2D eigenvalue weighted by atomic mass is 10.0. The fraction of sp³-hybridized carbons (Fsp3) is 0.259. The Kier molecular flexibility index (Phi) is 7.13. The molecule has 2 heterocycles. The van der Waals surface area contributed by atoms with Crippen molar-refractivity contribution in [3.63, 3.8) is 0 Å². The first kappa shape index (κ1) is 23.3. The van der Waals surface area contributed by atoms with Gasteiger partial charge in [0.1, 0.15) is 11.6 Å². The van der Waals surface area contributed by atoms with Gasteiger partial charge in [-0.15, -0.1) is 0 Å². The molecule has 3 N–H and O–H groups in total. The van der Waals surface area contributed by atoms with Gasteiger partial charge < -0.3 is 15.7 Å². The Morgan fingerprint density at radius 2 is 1.59 bits per heavy atom. The highest BCUT2D eigenvalue weighted by Gasteiger charge is 2.11. The van der Waals surface area contributed by atoms with E-state index in [-0.39, 0.29) is 12.6 Å². The number of rotatable bonds is 8. The van der Waals surface area contributed by atoms with Gasteiger partial charge >= 0.3 is 0 Å². The highest BCUT2D eigenvalue weighted by molar-refractivity contribution is 5.65. The number of anilines is 2. The maximum atomic E-state index is 8.93. The Hall–Kier alpha value is -3.84. The molecule has 4 aromatic rings. The number of aliphatic hydroxyl groups is 1. The van der Waals surface area contributed by atoms with Gasteiger partial charge in [0.15, 0.2) is 0 Å². The average Bonchev–Trinajstić information content (AvgIpc) is 2.82. The van der Waals surface area contributed by atoms with Crippen LogP contribution < -0.4 is 10.6 Å². The first-order valence-electron chi connectivity index (χ1n) is 11.4. The van der Waals surface area contributed by atoms with Gasteiger partial charge in [0.25, 0.3) is 0 Å². The van der Waals surface area contributed by atoms with Gasteiger partial charge in [-0.3, -0.25) is 0 Å². The van der Waals surface area contributed by atoms with Crippen molar-refractivity contribution in [2.24, 2.45) is 0 Å². The van der Waals surface area contributed by atoms with Crippen molar-refractivity contribution < 1.29 is 5.11 Å². The van der Waals surface area contributed by atoms with E-state index >= 15 is 0 Å². The highest BCUT2D eigenvalue weighted by Crippen LogP contribution is 2.27. The Morgan fingerprint density at radius 3 is 2.29 bits per heavy atom. The van der Waals surface area contributed by atoms with Gasteiger partial charge in [-0.05, 0) is 57.0 Å². The van der Waals surface area contributed by atoms with Gasteiger partial charge in [-0.1, -0.05) is 35.4 Å². The van der Waals surface area contributed by atoms with Crippen molar-refractivity contribution in [1.82, 2.24) is 19.9 Å². The van der Waals surface area contributed by atoms with Crippen LogP contribution in [-0.2, 0) is 0 Å². The standard InChI is InChI=1S/C27H30N6O/c1-17-10-18(2)12-23(11-17)25-14-26(33-20(4)32-25)31-19(3)21-6-5-7-22(13-21)24-15-29-27(30-16-24)28-8-9-34/h5-7,10-16,19,34H,8-9H2,1-4H3,(H,28,29,30)(H,31,32,33)/t19-/m0/s1. The van der Waals surface area contributed by atoms with Crippen molar-refractivity contribution in [3.8, 4) is 22.4 Å². The first-order chi connectivity index (χ1) is 16.4. The van der Waals surface area contributed by atoms with Crippen LogP contribution in [0.1, 0.15) is 35.5 Å². The van der Waals surface area contributed by atoms with Crippen molar-refractivity contribution in [2.75, 3.05) is 23.8 Å². The molecule has 174 valence electrons. The summed E-state index contributed by atoms with van der Waals surface area (Å²) in [4.78, 5) is 17.9. The Balaban J connectivity index is 1.54. The molecule has 0 fully saturated rings. The average molecular weight is 455 g/mol. The lowest BCUT2D eigenvalue weighted by molar-refractivity contribution is 0.311. The van der Waals surface area contributed by atoms with E-state index in [1.165, 1.54) is 11.1 Å². The van der Waals surface area contributed by atoms with Crippen molar-refractivity contribution in [1.29, 1.82) is 0 Å². The van der Waals surface area contributed by atoms with Crippen LogP contribution >= 0.6 is 0 Å². The van der Waals surface area contributed by atoms with Gasteiger partial charge in [0, 0.05) is 42.2 Å². The number of nitrogens with one attached hydrogen (secondary N) is 2. The Bertz CT molecular complexity index is 1250. The van der Waals surface area contributed by atoms with E-state index in [0.29, 0.717) is 12.5 Å². The molecule has 1 atom stereocenters. The molecule has 0 spiro atoms. The van der Waals surface area contributed by atoms with Gasteiger partial charge in [0.05, 0.1) is 12.3 Å². The molecule has 0 amide bonds. The lowest BCUT2D eigenvalue weighted by Crippen LogP contribution is -2.09. The molecule has 2 aromatic heterocycles. The molecule has 0 unspecified atom stereocenters. The molecule has 0 saturated carbocycles. The topological polar surface area (TPSA) is 95.9 Å². The van der Waals surface area contributed by atoms with E-state index in [1.54, 1.807) is 12.4 Å². The maximum absolute atomic E-state index is 8.93. The summed E-state index contributed by atoms with van der Waals surface area (Å²) in [5.74, 6) is 2.03. The molecule has 0 aliphatic heterocycles. The van der Waals surface area contributed by atoms with Gasteiger partial charge in [-0.2, -0.15) is 0 Å². The number of nitrogens with zero attached hydrogens (tertiary/aromatic N) is 4. The predicted molar refractivity (Wildman–Crippen MR) is 137 cm³/mol. The second-order valence-electron chi connectivity index (χ2n) is 8.50. The van der Waals surface area contributed by atoms with Crippen LogP contribution in [0, 0.1) is 20.8 Å². The van der Waals surface area contributed by atoms with Crippen molar-refractivity contribution in [2.45, 2.75) is 33.7 Å². The molecule has 0 bridgehead atoms. The third-order valence-electron chi connectivity index (χ3n) is 5.49. The van der Waals surface area contributed by atoms with E-state index in [9.17, 15) is 0 Å². The second-order valence-corrected chi connectivity index (χ2v) is 8.50. The summed E-state index contributed by atoms with van der Waals surface area (Å²) in [6, 6.07) is 16.8. The summed E-state index contributed by atoms with van der Waals surface area (Å²) in [5, 5.41) is 15.4. The molecule has 0 aliphatic carbocycles. The van der Waals surface area contributed by atoms with Crippen LogP contribution in [0.25, 0.3) is 22.4 Å². The van der Waals surface area contributed by atoms with E-state index in [0.717, 1.165) is 39.6 Å². The SMILES string of the molecule is Cc1cc(C)cc(-c2cc(N[C@@H](C)c3cccc(-c4cnc(NCCO)nc4)c3)nc(C)n2)c1. The summed E-state index contributed by atoms with van der Waals surface area (Å²) in [5.41, 5.74) is 7.53. The number of aromatic nitrogens is 4. The lowest BCUT2D eigenvalue weighted by Gasteiger charge is -2.17. The Morgan fingerprint density at radius 1 is 0.853 bits per heavy atom. The van der Waals surface area contributed by atoms with Crippen LogP contribution in [0.4, 0.5) is 11.8 Å². The largest absolute Gasteiger partial charge is 0.395 e. The first-order valence-corrected chi connectivity index (χ1v) is 11.4. The summed E-state index contributed by atoms with van der Waals surface area (Å²) < 4.78 is 0. The highest BCUT2D eigenvalue weighted by atomic mass is 16.3. The third-order valence-corrected chi connectivity index (χ3v) is 5.49. The maximum Gasteiger partial charge on any atom is 0.222 e. The number of hydrogen-bond donors (Lipinski definition) is 3. The molecular formula is C27H30N6O. The summed E-state index contributed by atoms with van der Waals surface area (Å²) in [7, 11) is 0. The monoisotopic (exact) mass is 454 g/mol. The minimum absolute atomic E-state index is 0.0350. The van der Waals surface area contributed by atoms with Crippen molar-refractivity contribution >= 4 is 11.8 Å². The number of aryl methyl sites for hydroxylation is 3. The van der Waals surface area contributed by atoms with Crippen LogP contribution in [0.2, 0.25) is 0 Å². The minimum Gasteiger partial charge on any atom is -0.395 e. The zero-order chi connectivity index (χ0) is 24.1. The molecule has 7 heteroatoms. The van der Waals surface area contributed by atoms with Crippen LogP contribution in [0.5, 0.6) is 0 Å². The smallest absolute Gasteiger partial charge is 0.222 e. The predicted octanol–water partition coefficient (Wildman–Crippen LogP) is 5.10. The second kappa shape index (κ2) is 10.4. The van der Waals surface area contributed by atoms with Crippen molar-refractivity contribution in [3.05, 3.63) is 83.4 Å². The van der Waals surface area contributed by atoms with E-state index in [1.807, 2.05) is 25.1 Å². The molecule has 0 saturated heterocycles. The molecule has 4 rings (SSSR count). The number of hydrogen-bond acceptors (Lipinski definition) is 7. The van der Waals surface area contributed by atoms with Gasteiger partial charge in [0.2, 0.25) is 5.95 Å². The molecule has 2 aromatic carbocycles. The molecule has 0 radical (unpaired) electrons.